The molecule has 0 saturated carbocycles. The van der Waals surface area contributed by atoms with Crippen molar-refractivity contribution in [1.29, 1.82) is 0 Å². The fourth-order valence-corrected chi connectivity index (χ4v) is 5.42. The molecule has 0 radical (unpaired) electrons. The summed E-state index contributed by atoms with van der Waals surface area (Å²) in [6, 6.07) is 14.7. The largest absolute Gasteiger partial charge is 0.378 e. The average molecular weight is 444 g/mol. The number of benzene rings is 2. The third-order valence-electron chi connectivity index (χ3n) is 5.87. The summed E-state index contributed by atoms with van der Waals surface area (Å²) in [6.07, 6.45) is 0. The maximum Gasteiger partial charge on any atom is 0.254 e. The zero-order chi connectivity index (χ0) is 21.8. The number of piperazine rings is 1. The molecule has 1 amide bonds. The first-order valence-electron chi connectivity index (χ1n) is 10.7. The molecule has 2 aliphatic heterocycles. The first kappa shape index (κ1) is 22.0. The third-order valence-corrected chi connectivity index (χ3v) is 7.78. The Bertz CT molecular complexity index is 1010. The number of hydrogen-bond acceptors (Lipinski definition) is 5. The van der Waals surface area contributed by atoms with Crippen molar-refractivity contribution in [2.75, 3.05) is 52.5 Å². The molecule has 8 heteroatoms. The van der Waals surface area contributed by atoms with Crippen molar-refractivity contribution < 1.29 is 17.9 Å². The third kappa shape index (κ3) is 5.15. The summed E-state index contributed by atoms with van der Waals surface area (Å²) in [7, 11) is -3.46. The van der Waals surface area contributed by atoms with E-state index in [1.807, 2.05) is 48.2 Å². The molecule has 166 valence electrons. The van der Waals surface area contributed by atoms with Gasteiger partial charge in [0.2, 0.25) is 10.0 Å². The standard InChI is InChI=1S/C23H29N3O4S/c1-19-5-7-22(8-6-19)31(28,29)26-11-9-24(10-12-26)18-20-3-2-4-21(17-20)23(27)25-13-15-30-16-14-25/h2-8,17H,9-16,18H2,1H3. The van der Waals surface area contributed by atoms with Gasteiger partial charge in [0, 0.05) is 51.4 Å². The molecule has 0 N–H and O–H groups in total. The number of carbonyl (C=O) groups excluding carboxylic acids is 1. The second-order valence-electron chi connectivity index (χ2n) is 8.10. The Labute approximate surface area is 184 Å². The topological polar surface area (TPSA) is 70.2 Å². The van der Waals surface area contributed by atoms with Crippen LogP contribution in [0.15, 0.2) is 53.4 Å². The number of amides is 1. The Hall–Kier alpha value is -2.26. The minimum absolute atomic E-state index is 0.0409. The lowest BCUT2D eigenvalue weighted by Gasteiger charge is -2.34. The lowest BCUT2D eigenvalue weighted by atomic mass is 10.1. The molecule has 0 bridgehead atoms. The molecule has 2 saturated heterocycles. The highest BCUT2D eigenvalue weighted by Crippen LogP contribution is 2.19. The van der Waals surface area contributed by atoms with Gasteiger partial charge in [-0.2, -0.15) is 4.31 Å². The second-order valence-corrected chi connectivity index (χ2v) is 10.0. The molecular weight excluding hydrogens is 414 g/mol. The van der Waals surface area contributed by atoms with Crippen LogP contribution in [-0.2, 0) is 21.3 Å². The first-order valence-corrected chi connectivity index (χ1v) is 12.1. The Kier molecular flexibility index (Phi) is 6.71. The predicted octanol–water partition coefficient (Wildman–Crippen LogP) is 1.97. The molecule has 4 rings (SSSR count). The van der Waals surface area contributed by atoms with Crippen molar-refractivity contribution in [1.82, 2.24) is 14.1 Å². The smallest absolute Gasteiger partial charge is 0.254 e. The van der Waals surface area contributed by atoms with Crippen LogP contribution in [0.4, 0.5) is 0 Å². The van der Waals surface area contributed by atoms with E-state index in [1.54, 1.807) is 16.4 Å². The number of aryl methyl sites for hydroxylation is 1. The Morgan fingerprint density at radius 1 is 0.935 bits per heavy atom. The van der Waals surface area contributed by atoms with Crippen molar-refractivity contribution in [2.24, 2.45) is 0 Å². The summed E-state index contributed by atoms with van der Waals surface area (Å²) in [5, 5.41) is 0. The van der Waals surface area contributed by atoms with Crippen molar-refractivity contribution in [3.8, 4) is 0 Å². The molecule has 31 heavy (non-hydrogen) atoms. The lowest BCUT2D eigenvalue weighted by Crippen LogP contribution is -2.48. The molecule has 0 unspecified atom stereocenters. The van der Waals surface area contributed by atoms with E-state index in [0.29, 0.717) is 69.5 Å². The number of sulfonamides is 1. The Morgan fingerprint density at radius 3 is 2.29 bits per heavy atom. The Morgan fingerprint density at radius 2 is 1.61 bits per heavy atom. The van der Waals surface area contributed by atoms with Crippen LogP contribution >= 0.6 is 0 Å². The van der Waals surface area contributed by atoms with Gasteiger partial charge in [0.15, 0.2) is 0 Å². The number of ether oxygens (including phenoxy) is 1. The summed E-state index contributed by atoms with van der Waals surface area (Å²) in [5.41, 5.74) is 2.80. The Balaban J connectivity index is 1.36. The number of nitrogens with zero attached hydrogens (tertiary/aromatic N) is 3. The molecule has 0 atom stereocenters. The molecule has 2 aromatic rings. The quantitative estimate of drug-likeness (QED) is 0.707. The molecular formula is C23H29N3O4S. The van der Waals surface area contributed by atoms with Crippen molar-refractivity contribution in [2.45, 2.75) is 18.4 Å². The molecule has 0 aromatic heterocycles. The highest BCUT2D eigenvalue weighted by atomic mass is 32.2. The van der Waals surface area contributed by atoms with E-state index in [2.05, 4.69) is 4.90 Å². The van der Waals surface area contributed by atoms with Gasteiger partial charge in [-0.25, -0.2) is 8.42 Å². The fourth-order valence-electron chi connectivity index (χ4n) is 4.00. The second kappa shape index (κ2) is 9.48. The normalized spacial score (nSPS) is 18.8. The molecule has 2 aliphatic rings. The van der Waals surface area contributed by atoms with Crippen LogP contribution < -0.4 is 0 Å². The summed E-state index contributed by atoms with van der Waals surface area (Å²) < 4.78 is 32.7. The number of hydrogen-bond donors (Lipinski definition) is 0. The van der Waals surface area contributed by atoms with Gasteiger partial charge in [-0.05, 0) is 36.8 Å². The molecule has 7 nitrogen and oxygen atoms in total. The SMILES string of the molecule is Cc1ccc(S(=O)(=O)N2CCN(Cc3cccc(C(=O)N4CCOCC4)c3)CC2)cc1. The van der Waals surface area contributed by atoms with Crippen molar-refractivity contribution in [3.05, 3.63) is 65.2 Å². The fraction of sp³-hybridized carbons (Fsp3) is 0.435. The number of rotatable bonds is 5. The van der Waals surface area contributed by atoms with Crippen LogP contribution in [0, 0.1) is 6.92 Å². The van der Waals surface area contributed by atoms with Gasteiger partial charge in [-0.15, -0.1) is 0 Å². The van der Waals surface area contributed by atoms with Gasteiger partial charge in [0.25, 0.3) is 5.91 Å². The molecule has 2 fully saturated rings. The number of carbonyl (C=O) groups is 1. The van der Waals surface area contributed by atoms with Crippen LogP contribution in [0.25, 0.3) is 0 Å². The maximum atomic E-state index is 12.9. The zero-order valence-corrected chi connectivity index (χ0v) is 18.7. The predicted molar refractivity (Wildman–Crippen MR) is 118 cm³/mol. The molecule has 2 aromatic carbocycles. The van der Waals surface area contributed by atoms with E-state index in [4.69, 9.17) is 4.74 Å². The minimum atomic E-state index is -3.46. The zero-order valence-electron chi connectivity index (χ0n) is 17.9. The monoisotopic (exact) mass is 443 g/mol. The maximum absolute atomic E-state index is 12.9. The van der Waals surface area contributed by atoms with Crippen LogP contribution in [0.2, 0.25) is 0 Å². The van der Waals surface area contributed by atoms with Gasteiger partial charge < -0.3 is 9.64 Å². The van der Waals surface area contributed by atoms with Crippen LogP contribution in [0.5, 0.6) is 0 Å². The van der Waals surface area contributed by atoms with E-state index in [1.165, 1.54) is 0 Å². The van der Waals surface area contributed by atoms with E-state index in [9.17, 15) is 13.2 Å². The van der Waals surface area contributed by atoms with E-state index < -0.39 is 10.0 Å². The summed E-state index contributed by atoms with van der Waals surface area (Å²) in [5.74, 6) is 0.0409. The minimum Gasteiger partial charge on any atom is -0.378 e. The van der Waals surface area contributed by atoms with Gasteiger partial charge >= 0.3 is 0 Å². The van der Waals surface area contributed by atoms with Crippen LogP contribution in [0.1, 0.15) is 21.5 Å². The van der Waals surface area contributed by atoms with Gasteiger partial charge in [-0.3, -0.25) is 9.69 Å². The highest BCUT2D eigenvalue weighted by molar-refractivity contribution is 7.89. The summed E-state index contributed by atoms with van der Waals surface area (Å²) in [6.45, 7) is 7.30. The van der Waals surface area contributed by atoms with Crippen LogP contribution in [0.3, 0.4) is 0 Å². The van der Waals surface area contributed by atoms with Crippen molar-refractivity contribution in [3.63, 3.8) is 0 Å². The van der Waals surface area contributed by atoms with Gasteiger partial charge in [0.05, 0.1) is 18.1 Å². The molecule has 0 aliphatic carbocycles. The van der Waals surface area contributed by atoms with Crippen molar-refractivity contribution >= 4 is 15.9 Å². The van der Waals surface area contributed by atoms with E-state index >= 15 is 0 Å². The van der Waals surface area contributed by atoms with E-state index in [-0.39, 0.29) is 5.91 Å². The lowest BCUT2D eigenvalue weighted by molar-refractivity contribution is 0.0303. The van der Waals surface area contributed by atoms with Gasteiger partial charge in [-0.1, -0.05) is 29.8 Å². The average Bonchev–Trinajstić information content (AvgIpc) is 2.80. The number of morpholine rings is 1. The van der Waals surface area contributed by atoms with Gasteiger partial charge in [0.1, 0.15) is 0 Å². The molecule has 0 spiro atoms. The first-order chi connectivity index (χ1) is 14.9. The van der Waals surface area contributed by atoms with Crippen LogP contribution in [-0.4, -0.2) is 80.9 Å². The highest BCUT2D eigenvalue weighted by Gasteiger charge is 2.28. The van der Waals surface area contributed by atoms with E-state index in [0.717, 1.165) is 11.1 Å². The summed E-state index contributed by atoms with van der Waals surface area (Å²) >= 11 is 0. The molecule has 2 heterocycles. The summed E-state index contributed by atoms with van der Waals surface area (Å²) in [4.78, 5) is 17.2.